The van der Waals surface area contributed by atoms with Gasteiger partial charge in [-0.15, -0.1) is 0 Å². The van der Waals surface area contributed by atoms with E-state index in [1.54, 1.807) is 30.3 Å². The van der Waals surface area contributed by atoms with Gasteiger partial charge in [-0.2, -0.15) is 0 Å². The Morgan fingerprint density at radius 1 is 1.07 bits per heavy atom. The number of hydrogen-bond donors (Lipinski definition) is 1. The average Bonchev–Trinajstić information content (AvgIpc) is 2.67. The van der Waals surface area contributed by atoms with E-state index in [4.69, 9.17) is 0 Å². The Balaban J connectivity index is 2.00. The second-order valence-corrected chi connectivity index (χ2v) is 7.24. The third kappa shape index (κ3) is 5.96. The molecule has 2 rings (SSSR count). The lowest BCUT2D eigenvalue weighted by Gasteiger charge is -2.16. The van der Waals surface area contributed by atoms with Crippen molar-refractivity contribution in [2.45, 2.75) is 23.8 Å². The topological polar surface area (TPSA) is 72.5 Å². The van der Waals surface area contributed by atoms with Crippen molar-refractivity contribution in [2.24, 2.45) is 0 Å². The Hall–Kier alpha value is -2.61. The second kappa shape index (κ2) is 9.91. The number of ether oxygens (including phenoxy) is 1. The van der Waals surface area contributed by atoms with Gasteiger partial charge in [0.1, 0.15) is 17.7 Å². The molecule has 1 amide bonds. The maximum Gasteiger partial charge on any atom is 0.328 e. The largest absolute Gasteiger partial charge is 0.467 e. The lowest BCUT2D eigenvalue weighted by molar-refractivity contribution is -0.145. The van der Waals surface area contributed by atoms with Gasteiger partial charge in [-0.25, -0.2) is 13.6 Å². The molecule has 0 aromatic heterocycles. The summed E-state index contributed by atoms with van der Waals surface area (Å²) in [6.45, 7) is 0. The minimum Gasteiger partial charge on any atom is -0.467 e. The zero-order valence-corrected chi connectivity index (χ0v) is 15.4. The normalized spacial score (nSPS) is 12.9. The Morgan fingerprint density at radius 2 is 1.70 bits per heavy atom. The Kier molecular flexibility index (Phi) is 7.60. The van der Waals surface area contributed by atoms with E-state index >= 15 is 0 Å². The van der Waals surface area contributed by atoms with Gasteiger partial charge >= 0.3 is 5.97 Å². The summed E-state index contributed by atoms with van der Waals surface area (Å²) >= 11 is 0. The number of esters is 1. The Bertz CT molecular complexity index is 809. The van der Waals surface area contributed by atoms with Gasteiger partial charge < -0.3 is 10.1 Å². The molecule has 1 N–H and O–H groups in total. The van der Waals surface area contributed by atoms with Crippen molar-refractivity contribution in [1.82, 2.24) is 5.32 Å². The predicted octanol–water partition coefficient (Wildman–Crippen LogP) is 2.36. The summed E-state index contributed by atoms with van der Waals surface area (Å²) < 4.78 is 44.2. The highest BCUT2D eigenvalue weighted by molar-refractivity contribution is 7.85. The molecular weight excluding hydrogens is 376 g/mol. The van der Waals surface area contributed by atoms with Crippen molar-refractivity contribution in [2.75, 3.05) is 12.9 Å². The van der Waals surface area contributed by atoms with Crippen LogP contribution in [0.2, 0.25) is 0 Å². The van der Waals surface area contributed by atoms with Crippen LogP contribution in [0, 0.1) is 11.6 Å². The van der Waals surface area contributed by atoms with Gasteiger partial charge in [0, 0.05) is 16.2 Å². The molecule has 0 heterocycles. The summed E-state index contributed by atoms with van der Waals surface area (Å²) in [7, 11) is -0.203. The lowest BCUT2D eigenvalue weighted by atomic mass is 10.1. The third-order valence-corrected chi connectivity index (χ3v) is 5.22. The zero-order valence-electron chi connectivity index (χ0n) is 14.6. The van der Waals surface area contributed by atoms with E-state index in [-0.39, 0.29) is 17.7 Å². The number of benzene rings is 2. The standard InChI is InChI=1S/C19H19F2NO4S/c1-26-19(24)17(10-11-27(25)13-6-3-2-4-7-13)22-18(23)12-14-15(20)8-5-9-16(14)21/h2-9,17H,10-12H2,1H3,(H,22,23)/t17-,27+/m0/s1. The summed E-state index contributed by atoms with van der Waals surface area (Å²) in [4.78, 5) is 24.6. The summed E-state index contributed by atoms with van der Waals surface area (Å²) in [5.74, 6) is -3.03. The van der Waals surface area contributed by atoms with Crippen LogP contribution in [-0.2, 0) is 31.5 Å². The molecule has 0 unspecified atom stereocenters. The van der Waals surface area contributed by atoms with Crippen molar-refractivity contribution in [3.63, 3.8) is 0 Å². The van der Waals surface area contributed by atoms with Gasteiger partial charge in [0.2, 0.25) is 5.91 Å². The smallest absolute Gasteiger partial charge is 0.328 e. The van der Waals surface area contributed by atoms with Crippen LogP contribution in [0.3, 0.4) is 0 Å². The van der Waals surface area contributed by atoms with Gasteiger partial charge in [-0.05, 0) is 30.7 Å². The van der Waals surface area contributed by atoms with Crippen LogP contribution >= 0.6 is 0 Å². The van der Waals surface area contributed by atoms with Crippen LogP contribution in [0.4, 0.5) is 8.78 Å². The van der Waals surface area contributed by atoms with Crippen molar-refractivity contribution < 1.29 is 27.3 Å². The summed E-state index contributed by atoms with van der Waals surface area (Å²) in [5, 5.41) is 2.40. The number of methoxy groups -OCH3 is 1. The monoisotopic (exact) mass is 395 g/mol. The molecule has 2 aromatic carbocycles. The quantitative estimate of drug-likeness (QED) is 0.697. The summed E-state index contributed by atoms with van der Waals surface area (Å²) in [6.07, 6.45) is -0.506. The second-order valence-electron chi connectivity index (χ2n) is 5.67. The van der Waals surface area contributed by atoms with E-state index < -0.39 is 46.8 Å². The molecule has 0 radical (unpaired) electrons. The van der Waals surface area contributed by atoms with Crippen LogP contribution < -0.4 is 5.32 Å². The molecule has 2 aromatic rings. The Labute approximate surface area is 158 Å². The molecule has 5 nitrogen and oxygen atoms in total. The molecule has 27 heavy (non-hydrogen) atoms. The minimum atomic E-state index is -1.36. The number of carbonyl (C=O) groups is 2. The van der Waals surface area contributed by atoms with E-state index in [1.807, 2.05) is 0 Å². The number of carbonyl (C=O) groups excluding carboxylic acids is 2. The van der Waals surface area contributed by atoms with E-state index in [2.05, 4.69) is 10.1 Å². The lowest BCUT2D eigenvalue weighted by Crippen LogP contribution is -2.43. The van der Waals surface area contributed by atoms with E-state index in [0.717, 1.165) is 19.2 Å². The highest BCUT2D eigenvalue weighted by atomic mass is 32.2. The highest BCUT2D eigenvalue weighted by Crippen LogP contribution is 2.13. The first-order valence-electron chi connectivity index (χ1n) is 8.16. The van der Waals surface area contributed by atoms with E-state index in [0.29, 0.717) is 4.90 Å². The van der Waals surface area contributed by atoms with Crippen molar-refractivity contribution in [3.05, 3.63) is 65.7 Å². The van der Waals surface area contributed by atoms with Crippen molar-refractivity contribution >= 4 is 22.7 Å². The minimum absolute atomic E-state index is 0.0552. The molecule has 0 saturated carbocycles. The molecule has 0 aliphatic heterocycles. The molecule has 0 aliphatic rings. The van der Waals surface area contributed by atoms with Gasteiger partial charge in [0.15, 0.2) is 0 Å². The molecule has 0 bridgehead atoms. The first-order chi connectivity index (χ1) is 12.9. The number of hydrogen-bond acceptors (Lipinski definition) is 4. The van der Waals surface area contributed by atoms with E-state index in [9.17, 15) is 22.6 Å². The first kappa shape index (κ1) is 20.7. The fourth-order valence-electron chi connectivity index (χ4n) is 2.41. The van der Waals surface area contributed by atoms with E-state index in [1.165, 1.54) is 6.07 Å². The molecule has 144 valence electrons. The van der Waals surface area contributed by atoms with Gasteiger partial charge in [0.05, 0.1) is 24.3 Å². The fraction of sp³-hybridized carbons (Fsp3) is 0.263. The first-order valence-corrected chi connectivity index (χ1v) is 9.47. The summed E-state index contributed by atoms with van der Waals surface area (Å²) in [5.41, 5.74) is -0.383. The maximum absolute atomic E-state index is 13.7. The molecule has 0 spiro atoms. The maximum atomic E-state index is 13.7. The highest BCUT2D eigenvalue weighted by Gasteiger charge is 2.23. The van der Waals surface area contributed by atoms with Gasteiger partial charge in [-0.1, -0.05) is 24.3 Å². The SMILES string of the molecule is COC(=O)[C@H](CC[S@@](=O)c1ccccc1)NC(=O)Cc1c(F)cccc1F. The zero-order chi connectivity index (χ0) is 19.8. The van der Waals surface area contributed by atoms with Crippen LogP contribution in [0.1, 0.15) is 12.0 Å². The summed E-state index contributed by atoms with van der Waals surface area (Å²) in [6, 6.07) is 10.9. The number of nitrogens with one attached hydrogen (secondary N) is 1. The number of halogens is 2. The van der Waals surface area contributed by atoms with Gasteiger partial charge in [-0.3, -0.25) is 9.00 Å². The van der Waals surface area contributed by atoms with Crippen LogP contribution in [0.5, 0.6) is 0 Å². The number of rotatable bonds is 8. The van der Waals surface area contributed by atoms with Crippen molar-refractivity contribution in [1.29, 1.82) is 0 Å². The predicted molar refractivity (Wildman–Crippen MR) is 96.3 cm³/mol. The molecule has 0 fully saturated rings. The van der Waals surface area contributed by atoms with Crippen LogP contribution in [0.25, 0.3) is 0 Å². The van der Waals surface area contributed by atoms with Gasteiger partial charge in [0.25, 0.3) is 0 Å². The molecular formula is C19H19F2NO4S. The molecule has 0 saturated heterocycles. The fourth-order valence-corrected chi connectivity index (χ4v) is 3.56. The Morgan fingerprint density at radius 3 is 2.30 bits per heavy atom. The third-order valence-electron chi connectivity index (χ3n) is 3.82. The van der Waals surface area contributed by atoms with Crippen LogP contribution in [-0.4, -0.2) is 35.0 Å². The van der Waals surface area contributed by atoms with Crippen molar-refractivity contribution in [3.8, 4) is 0 Å². The average molecular weight is 395 g/mol. The molecule has 2 atom stereocenters. The molecule has 8 heteroatoms. The number of amides is 1. The molecule has 0 aliphatic carbocycles. The van der Waals surface area contributed by atoms with Crippen LogP contribution in [0.15, 0.2) is 53.4 Å².